The summed E-state index contributed by atoms with van der Waals surface area (Å²) in [7, 11) is 0. The highest BCUT2D eigenvalue weighted by molar-refractivity contribution is 5.87. The Kier molecular flexibility index (Phi) is 6.11. The third-order valence-electron chi connectivity index (χ3n) is 2.86. The molecule has 5 nitrogen and oxygen atoms in total. The molecular formula is C14H19FN2O3. The minimum absolute atomic E-state index is 0.0861. The van der Waals surface area contributed by atoms with Gasteiger partial charge in [0, 0.05) is 13.1 Å². The third kappa shape index (κ3) is 4.62. The number of nitrogens with one attached hydrogen (secondary N) is 1. The van der Waals surface area contributed by atoms with E-state index in [9.17, 15) is 14.0 Å². The number of carbonyl (C=O) groups excluding carboxylic acids is 1. The van der Waals surface area contributed by atoms with E-state index in [-0.39, 0.29) is 18.0 Å². The van der Waals surface area contributed by atoms with E-state index in [4.69, 9.17) is 5.11 Å². The van der Waals surface area contributed by atoms with Crippen LogP contribution < -0.4 is 5.32 Å². The maximum absolute atomic E-state index is 13.6. The first-order valence-corrected chi connectivity index (χ1v) is 6.48. The molecule has 0 bridgehead atoms. The van der Waals surface area contributed by atoms with Crippen LogP contribution in [0.5, 0.6) is 0 Å². The molecule has 1 rings (SSSR count). The summed E-state index contributed by atoms with van der Waals surface area (Å²) >= 11 is 0. The molecule has 1 aromatic rings. The Morgan fingerprint density at radius 2 is 2.05 bits per heavy atom. The predicted octanol–water partition coefficient (Wildman–Crippen LogP) is 1.48. The van der Waals surface area contributed by atoms with Crippen molar-refractivity contribution in [1.82, 2.24) is 10.2 Å². The Hall–Kier alpha value is -1.95. The van der Waals surface area contributed by atoms with Crippen molar-refractivity contribution in [3.63, 3.8) is 0 Å². The average Bonchev–Trinajstić information content (AvgIpc) is 2.37. The molecule has 2 N–H and O–H groups in total. The normalized spacial score (nSPS) is 10.6. The van der Waals surface area contributed by atoms with Gasteiger partial charge >= 0.3 is 5.97 Å². The number of carboxylic acids is 1. The van der Waals surface area contributed by atoms with Crippen molar-refractivity contribution in [3.8, 4) is 0 Å². The first kappa shape index (κ1) is 16.1. The number of hydrogen-bond donors (Lipinski definition) is 2. The Bertz CT molecular complexity index is 491. The monoisotopic (exact) mass is 282 g/mol. The Morgan fingerprint density at radius 1 is 1.35 bits per heavy atom. The van der Waals surface area contributed by atoms with Crippen molar-refractivity contribution < 1.29 is 19.1 Å². The van der Waals surface area contributed by atoms with E-state index in [0.717, 1.165) is 0 Å². The van der Waals surface area contributed by atoms with Crippen LogP contribution in [0.1, 0.15) is 29.8 Å². The number of nitrogens with zero attached hydrogens (tertiary/aromatic N) is 1. The molecule has 6 heteroatoms. The number of aromatic carboxylic acids is 1. The highest BCUT2D eigenvalue weighted by atomic mass is 19.1. The molecule has 1 amide bonds. The average molecular weight is 282 g/mol. The van der Waals surface area contributed by atoms with E-state index in [1.54, 1.807) is 6.07 Å². The lowest BCUT2D eigenvalue weighted by molar-refractivity contribution is -0.122. The molecule has 1 aromatic carbocycles. The van der Waals surface area contributed by atoms with Gasteiger partial charge in [0.2, 0.25) is 5.91 Å². The van der Waals surface area contributed by atoms with Crippen LogP contribution in [0.25, 0.3) is 0 Å². The van der Waals surface area contributed by atoms with Crippen molar-refractivity contribution in [3.05, 3.63) is 35.1 Å². The molecule has 0 atom stereocenters. The van der Waals surface area contributed by atoms with E-state index in [1.807, 2.05) is 18.7 Å². The minimum Gasteiger partial charge on any atom is -0.478 e. The number of likely N-dealkylation sites (N-methyl/N-ethyl adjacent to an activating group) is 2. The zero-order valence-corrected chi connectivity index (χ0v) is 11.6. The summed E-state index contributed by atoms with van der Waals surface area (Å²) in [4.78, 5) is 24.1. The standard InChI is InChI=1S/C14H19FN2O3/c1-3-16-13(18)9-17(4-2)8-10-5-6-11(14(19)20)12(15)7-10/h5-7H,3-4,8-9H2,1-2H3,(H,16,18)(H,19,20). The third-order valence-corrected chi connectivity index (χ3v) is 2.86. The SMILES string of the molecule is CCNC(=O)CN(CC)Cc1ccc(C(=O)O)c(F)c1. The fraction of sp³-hybridized carbons (Fsp3) is 0.429. The molecule has 110 valence electrons. The fourth-order valence-corrected chi connectivity index (χ4v) is 1.82. The van der Waals surface area contributed by atoms with Crippen LogP contribution in [0.4, 0.5) is 4.39 Å². The summed E-state index contributed by atoms with van der Waals surface area (Å²) in [6, 6.07) is 4.00. The van der Waals surface area contributed by atoms with E-state index in [2.05, 4.69) is 5.32 Å². The second kappa shape index (κ2) is 7.59. The first-order valence-electron chi connectivity index (χ1n) is 6.48. The van der Waals surface area contributed by atoms with Crippen molar-refractivity contribution in [2.45, 2.75) is 20.4 Å². The number of rotatable bonds is 7. The molecule has 0 aromatic heterocycles. The summed E-state index contributed by atoms with van der Waals surface area (Å²) in [6.07, 6.45) is 0. The number of carbonyl (C=O) groups is 2. The molecule has 0 spiro atoms. The van der Waals surface area contributed by atoms with Crippen LogP contribution in [0, 0.1) is 5.82 Å². The number of carboxylic acid groups (broad SMARTS) is 1. The Morgan fingerprint density at radius 3 is 2.55 bits per heavy atom. The van der Waals surface area contributed by atoms with Gasteiger partial charge in [-0.1, -0.05) is 13.0 Å². The lowest BCUT2D eigenvalue weighted by atomic mass is 10.1. The molecule has 0 radical (unpaired) electrons. The lowest BCUT2D eigenvalue weighted by Crippen LogP contribution is -2.36. The summed E-state index contributed by atoms with van der Waals surface area (Å²) in [6.45, 7) is 5.57. The first-order chi connectivity index (χ1) is 9.47. The molecule has 0 fully saturated rings. The Balaban J connectivity index is 2.73. The second-order valence-electron chi connectivity index (χ2n) is 4.38. The van der Waals surface area contributed by atoms with E-state index in [0.29, 0.717) is 25.2 Å². The number of hydrogen-bond acceptors (Lipinski definition) is 3. The van der Waals surface area contributed by atoms with Crippen molar-refractivity contribution >= 4 is 11.9 Å². The van der Waals surface area contributed by atoms with Crippen LogP contribution in [-0.4, -0.2) is 41.5 Å². The van der Waals surface area contributed by atoms with E-state index >= 15 is 0 Å². The van der Waals surface area contributed by atoms with Gasteiger partial charge in [0.15, 0.2) is 0 Å². The number of halogens is 1. The topological polar surface area (TPSA) is 69.6 Å². The van der Waals surface area contributed by atoms with Gasteiger partial charge in [-0.05, 0) is 31.2 Å². The van der Waals surface area contributed by atoms with Crippen molar-refractivity contribution in [1.29, 1.82) is 0 Å². The van der Waals surface area contributed by atoms with Gasteiger partial charge in [0.05, 0.1) is 12.1 Å². The zero-order chi connectivity index (χ0) is 15.1. The van der Waals surface area contributed by atoms with Gasteiger partial charge in [-0.25, -0.2) is 9.18 Å². The quantitative estimate of drug-likeness (QED) is 0.795. The van der Waals surface area contributed by atoms with Crippen LogP contribution >= 0.6 is 0 Å². The minimum atomic E-state index is -1.29. The molecule has 0 saturated heterocycles. The predicted molar refractivity (Wildman–Crippen MR) is 73.0 cm³/mol. The highest BCUT2D eigenvalue weighted by Gasteiger charge is 2.13. The van der Waals surface area contributed by atoms with Gasteiger partial charge in [-0.3, -0.25) is 9.69 Å². The maximum Gasteiger partial charge on any atom is 0.338 e. The van der Waals surface area contributed by atoms with Crippen molar-refractivity contribution in [2.75, 3.05) is 19.6 Å². The number of benzene rings is 1. The van der Waals surface area contributed by atoms with Crippen LogP contribution in [0.2, 0.25) is 0 Å². The largest absolute Gasteiger partial charge is 0.478 e. The fourth-order valence-electron chi connectivity index (χ4n) is 1.82. The summed E-state index contributed by atoms with van der Waals surface area (Å²) < 4.78 is 13.6. The molecule has 0 saturated carbocycles. The molecule has 0 aliphatic rings. The molecular weight excluding hydrogens is 263 g/mol. The van der Waals surface area contributed by atoms with Gasteiger partial charge < -0.3 is 10.4 Å². The molecule has 0 unspecified atom stereocenters. The van der Waals surface area contributed by atoms with E-state index in [1.165, 1.54) is 12.1 Å². The second-order valence-corrected chi connectivity index (χ2v) is 4.38. The number of amides is 1. The molecule has 0 aliphatic carbocycles. The zero-order valence-electron chi connectivity index (χ0n) is 11.6. The van der Waals surface area contributed by atoms with Gasteiger partial charge in [0.25, 0.3) is 0 Å². The Labute approximate surface area is 117 Å². The summed E-state index contributed by atoms with van der Waals surface area (Å²) in [5.41, 5.74) is 0.291. The van der Waals surface area contributed by atoms with Crippen LogP contribution in [0.3, 0.4) is 0 Å². The van der Waals surface area contributed by atoms with Gasteiger partial charge in [0.1, 0.15) is 5.82 Å². The van der Waals surface area contributed by atoms with Gasteiger partial charge in [-0.15, -0.1) is 0 Å². The van der Waals surface area contributed by atoms with Gasteiger partial charge in [-0.2, -0.15) is 0 Å². The van der Waals surface area contributed by atoms with Crippen LogP contribution in [0.15, 0.2) is 18.2 Å². The van der Waals surface area contributed by atoms with Crippen molar-refractivity contribution in [2.24, 2.45) is 0 Å². The van der Waals surface area contributed by atoms with Crippen LogP contribution in [-0.2, 0) is 11.3 Å². The molecule has 20 heavy (non-hydrogen) atoms. The summed E-state index contributed by atoms with van der Waals surface area (Å²) in [5.74, 6) is -2.13. The maximum atomic E-state index is 13.6. The highest BCUT2D eigenvalue weighted by Crippen LogP contribution is 2.12. The smallest absolute Gasteiger partial charge is 0.338 e. The van der Waals surface area contributed by atoms with E-state index < -0.39 is 11.8 Å². The lowest BCUT2D eigenvalue weighted by Gasteiger charge is -2.19. The molecule has 0 heterocycles. The summed E-state index contributed by atoms with van der Waals surface area (Å²) in [5, 5.41) is 11.5. The molecule has 0 aliphatic heterocycles.